The van der Waals surface area contributed by atoms with E-state index >= 15 is 0 Å². The molecule has 1 aliphatic rings. The van der Waals surface area contributed by atoms with Crippen LogP contribution >= 0.6 is 24.8 Å². The molecule has 0 saturated carbocycles. The van der Waals surface area contributed by atoms with Crippen molar-refractivity contribution in [3.8, 4) is 16.9 Å². The summed E-state index contributed by atoms with van der Waals surface area (Å²) in [5.41, 5.74) is 7.86. The average Bonchev–Trinajstić information content (AvgIpc) is 3.21. The van der Waals surface area contributed by atoms with E-state index in [1.165, 1.54) is 10.7 Å². The molecule has 2 atom stereocenters. The van der Waals surface area contributed by atoms with E-state index in [4.69, 9.17) is 5.73 Å². The smallest absolute Gasteiger partial charge is 0.387 e. The number of hydrogen-bond donors (Lipinski definition) is 2. The van der Waals surface area contributed by atoms with Crippen LogP contribution in [0.3, 0.4) is 0 Å². The molecule has 4 aromatic rings. The van der Waals surface area contributed by atoms with Crippen molar-refractivity contribution in [1.82, 2.24) is 24.2 Å². The second kappa shape index (κ2) is 14.1. The van der Waals surface area contributed by atoms with Gasteiger partial charge in [0.25, 0.3) is 11.5 Å². The summed E-state index contributed by atoms with van der Waals surface area (Å²) in [6.45, 7) is 0.375. The molecule has 0 radical (unpaired) electrons. The van der Waals surface area contributed by atoms with E-state index in [2.05, 4.69) is 14.7 Å². The van der Waals surface area contributed by atoms with E-state index < -0.39 is 12.7 Å². The van der Waals surface area contributed by atoms with Crippen molar-refractivity contribution in [2.75, 3.05) is 31.1 Å². The molecule has 15 heteroatoms. The van der Waals surface area contributed by atoms with Gasteiger partial charge in [0.15, 0.2) is 0 Å². The number of carbonyl (C=O) groups excluding carboxylic acids is 1. The first-order chi connectivity index (χ1) is 19.7. The van der Waals surface area contributed by atoms with Crippen LogP contribution in [0.1, 0.15) is 12.5 Å². The summed E-state index contributed by atoms with van der Waals surface area (Å²) in [6.07, 6.45) is 2.18. The third kappa shape index (κ3) is 6.90. The molecular weight excluding hydrogens is 607 g/mol. The summed E-state index contributed by atoms with van der Waals surface area (Å²) >= 11 is 0. The maximum atomic E-state index is 12.9. The Morgan fingerprint density at radius 2 is 1.81 bits per heavy atom. The van der Waals surface area contributed by atoms with Crippen LogP contribution < -0.4 is 20.9 Å². The molecule has 0 bridgehead atoms. The number of benzene rings is 2. The molecule has 5 rings (SSSR count). The van der Waals surface area contributed by atoms with E-state index in [1.807, 2.05) is 24.0 Å². The third-order valence-corrected chi connectivity index (χ3v) is 7.34. The number of aliphatic hydroxyl groups excluding tert-OH is 1. The number of nitrogens with zero attached hydrogens (tertiary/aromatic N) is 6. The van der Waals surface area contributed by atoms with Crippen LogP contribution in [0.25, 0.3) is 22.0 Å². The van der Waals surface area contributed by atoms with Gasteiger partial charge in [-0.05, 0) is 30.7 Å². The van der Waals surface area contributed by atoms with E-state index in [1.54, 1.807) is 53.3 Å². The first-order valence-electron chi connectivity index (χ1n) is 13.2. The number of aromatic nitrogens is 4. The highest BCUT2D eigenvalue weighted by Gasteiger charge is 2.31. The fourth-order valence-electron chi connectivity index (χ4n) is 5.14. The highest BCUT2D eigenvalue weighted by Crippen LogP contribution is 2.27. The highest BCUT2D eigenvalue weighted by atomic mass is 35.5. The van der Waals surface area contributed by atoms with Crippen molar-refractivity contribution < 1.29 is 23.4 Å². The number of para-hydroxylation sites is 1. The molecule has 1 saturated heterocycles. The predicted molar refractivity (Wildman–Crippen MR) is 163 cm³/mol. The molecule has 232 valence electrons. The number of alkyl halides is 2. The second-order valence-corrected chi connectivity index (χ2v) is 9.95. The SMILES string of the molecule is CC1CN(c2ncc(-c3ccc4c(=O)n(C)n(Cc5ccccc5OC(F)F)c4c3)cn2)CCN1C(=O)C(O)CN.Cl.Cl. The van der Waals surface area contributed by atoms with Crippen molar-refractivity contribution in [2.45, 2.75) is 32.2 Å². The van der Waals surface area contributed by atoms with Crippen LogP contribution in [-0.4, -0.2) is 80.2 Å². The molecule has 1 fully saturated rings. The number of amides is 1. The Bertz CT molecular complexity index is 1620. The van der Waals surface area contributed by atoms with Crippen LogP contribution in [0.2, 0.25) is 0 Å². The minimum atomic E-state index is -2.96. The molecule has 43 heavy (non-hydrogen) atoms. The van der Waals surface area contributed by atoms with Crippen LogP contribution in [0.15, 0.2) is 59.7 Å². The van der Waals surface area contributed by atoms with Crippen LogP contribution in [0, 0.1) is 0 Å². The van der Waals surface area contributed by atoms with Gasteiger partial charge in [-0.2, -0.15) is 8.78 Å². The Morgan fingerprint density at radius 3 is 2.47 bits per heavy atom. The zero-order valence-corrected chi connectivity index (χ0v) is 25.1. The lowest BCUT2D eigenvalue weighted by Gasteiger charge is -2.40. The molecule has 1 aliphatic heterocycles. The molecular formula is C28H33Cl2F2N7O4. The van der Waals surface area contributed by atoms with Gasteiger partial charge in [0, 0.05) is 62.8 Å². The first-order valence-corrected chi connectivity index (χ1v) is 13.2. The van der Waals surface area contributed by atoms with Crippen molar-refractivity contribution >= 4 is 47.6 Å². The Balaban J connectivity index is 0.00000253. The fraction of sp³-hybridized carbons (Fsp3) is 0.357. The zero-order valence-electron chi connectivity index (χ0n) is 23.5. The van der Waals surface area contributed by atoms with Gasteiger partial charge in [0.2, 0.25) is 5.95 Å². The van der Waals surface area contributed by atoms with Crippen LogP contribution in [0.5, 0.6) is 5.75 Å². The summed E-state index contributed by atoms with van der Waals surface area (Å²) in [4.78, 5) is 38.0. The summed E-state index contributed by atoms with van der Waals surface area (Å²) in [5.74, 6) is 0.183. The number of carbonyl (C=O) groups is 1. The molecule has 2 aromatic heterocycles. The maximum absolute atomic E-state index is 12.9. The Kier molecular flexibility index (Phi) is 11.1. The molecule has 1 amide bonds. The number of halogens is 4. The fourth-order valence-corrected chi connectivity index (χ4v) is 5.14. The lowest BCUT2D eigenvalue weighted by atomic mass is 10.1. The van der Waals surface area contributed by atoms with Gasteiger partial charge in [-0.15, -0.1) is 24.8 Å². The van der Waals surface area contributed by atoms with Gasteiger partial charge in [0.1, 0.15) is 11.9 Å². The third-order valence-electron chi connectivity index (χ3n) is 7.34. The molecule has 11 nitrogen and oxygen atoms in total. The van der Waals surface area contributed by atoms with E-state index in [-0.39, 0.29) is 61.2 Å². The number of nitrogens with two attached hydrogens (primary N) is 1. The first kappa shape index (κ1) is 33.7. The number of ether oxygens (including phenoxy) is 1. The monoisotopic (exact) mass is 639 g/mol. The van der Waals surface area contributed by atoms with Gasteiger partial charge < -0.3 is 25.4 Å². The molecule has 3 heterocycles. The molecule has 2 aromatic carbocycles. The largest absolute Gasteiger partial charge is 0.434 e. The van der Waals surface area contributed by atoms with Gasteiger partial charge in [-0.25, -0.2) is 9.97 Å². The summed E-state index contributed by atoms with van der Waals surface area (Å²) in [5, 5.41) is 10.3. The van der Waals surface area contributed by atoms with E-state index in [9.17, 15) is 23.5 Å². The molecule has 0 spiro atoms. The lowest BCUT2D eigenvalue weighted by Crippen LogP contribution is -2.57. The van der Waals surface area contributed by atoms with Crippen molar-refractivity contribution in [2.24, 2.45) is 12.8 Å². The van der Waals surface area contributed by atoms with Gasteiger partial charge in [-0.3, -0.25) is 19.0 Å². The summed E-state index contributed by atoms with van der Waals surface area (Å²) in [6, 6.07) is 11.7. The zero-order chi connectivity index (χ0) is 29.3. The van der Waals surface area contributed by atoms with Crippen molar-refractivity contribution in [3.63, 3.8) is 0 Å². The standard InChI is InChI=1S/C28H31F2N7O4.2ClH/c1-17-15-35(9-10-36(17)26(40)23(38)12-31)28-32-13-20(14-33-28)18-7-8-21-22(11-18)37(34(2)25(21)39)16-19-5-3-4-6-24(19)41-27(29)30;;/h3-8,11,13-14,17,23,27,38H,9-10,12,15-16,31H2,1-2H3;2*1H. The van der Waals surface area contributed by atoms with E-state index in [0.29, 0.717) is 42.0 Å². The van der Waals surface area contributed by atoms with Crippen molar-refractivity contribution in [3.05, 3.63) is 70.8 Å². The van der Waals surface area contributed by atoms with Crippen LogP contribution in [0.4, 0.5) is 14.7 Å². The Labute approximate surface area is 258 Å². The summed E-state index contributed by atoms with van der Waals surface area (Å²) in [7, 11) is 1.63. The number of fused-ring (bicyclic) bond motifs is 1. The lowest BCUT2D eigenvalue weighted by molar-refractivity contribution is -0.142. The van der Waals surface area contributed by atoms with Gasteiger partial charge in [0.05, 0.1) is 17.4 Å². The quantitative estimate of drug-likeness (QED) is 0.301. The highest BCUT2D eigenvalue weighted by molar-refractivity contribution is 5.86. The number of hydrogen-bond acceptors (Lipinski definition) is 8. The maximum Gasteiger partial charge on any atom is 0.387 e. The number of aliphatic hydroxyl groups is 1. The van der Waals surface area contributed by atoms with Gasteiger partial charge in [-0.1, -0.05) is 24.3 Å². The predicted octanol–water partition coefficient (Wildman–Crippen LogP) is 2.65. The second-order valence-electron chi connectivity index (χ2n) is 9.95. The van der Waals surface area contributed by atoms with Gasteiger partial charge >= 0.3 is 6.61 Å². The molecule has 0 aliphatic carbocycles. The average molecular weight is 641 g/mol. The topological polar surface area (TPSA) is 132 Å². The Hall–Kier alpha value is -3.78. The number of anilines is 1. The number of rotatable bonds is 8. The van der Waals surface area contributed by atoms with Crippen LogP contribution in [-0.2, 0) is 18.4 Å². The number of piperazine rings is 1. The summed E-state index contributed by atoms with van der Waals surface area (Å²) < 4.78 is 33.7. The minimum Gasteiger partial charge on any atom is -0.434 e. The molecule has 2 unspecified atom stereocenters. The normalized spacial score (nSPS) is 15.7. The van der Waals surface area contributed by atoms with Crippen molar-refractivity contribution in [1.29, 1.82) is 0 Å². The van der Waals surface area contributed by atoms with E-state index in [0.717, 1.165) is 11.1 Å². The molecule has 3 N–H and O–H groups in total. The minimum absolute atomic E-state index is 0. The Morgan fingerprint density at radius 1 is 1.12 bits per heavy atom.